The Morgan fingerprint density at radius 3 is 2.50 bits per heavy atom. The number of furan rings is 1. The van der Waals surface area contributed by atoms with Crippen LogP contribution in [-0.2, 0) is 11.3 Å². The average Bonchev–Trinajstić information content (AvgIpc) is 2.95. The SMILES string of the molecule is CCOC(=O)c1oc2ccc(OC)cc2c1C[NH+]1CC[NH+](C)CC1.[Cl-].[Cl-]. The third-order valence-electron chi connectivity index (χ3n) is 4.70. The molecule has 1 fully saturated rings. The summed E-state index contributed by atoms with van der Waals surface area (Å²) in [5.74, 6) is 0.707. The monoisotopic (exact) mass is 404 g/mol. The number of halogens is 2. The van der Waals surface area contributed by atoms with Gasteiger partial charge in [-0.05, 0) is 25.1 Å². The van der Waals surface area contributed by atoms with Gasteiger partial charge in [0.15, 0.2) is 0 Å². The number of carbonyl (C=O) groups excluding carboxylic acids is 1. The molecule has 2 heterocycles. The highest BCUT2D eigenvalue weighted by atomic mass is 35.5. The molecule has 0 aliphatic carbocycles. The van der Waals surface area contributed by atoms with Crippen molar-refractivity contribution in [3.63, 3.8) is 0 Å². The minimum atomic E-state index is -0.387. The molecular weight excluding hydrogens is 379 g/mol. The normalized spacial score (nSPS) is 19.3. The van der Waals surface area contributed by atoms with Gasteiger partial charge in [-0.15, -0.1) is 0 Å². The van der Waals surface area contributed by atoms with Crippen molar-refractivity contribution in [2.45, 2.75) is 13.5 Å². The van der Waals surface area contributed by atoms with E-state index in [0.717, 1.165) is 49.4 Å². The van der Waals surface area contributed by atoms with E-state index < -0.39 is 0 Å². The van der Waals surface area contributed by atoms with E-state index in [4.69, 9.17) is 13.9 Å². The number of rotatable bonds is 5. The van der Waals surface area contributed by atoms with Crippen LogP contribution >= 0.6 is 0 Å². The fourth-order valence-corrected chi connectivity index (χ4v) is 3.25. The van der Waals surface area contributed by atoms with Gasteiger partial charge in [-0.1, -0.05) is 0 Å². The largest absolute Gasteiger partial charge is 1.00 e. The Balaban J connectivity index is 0.00000169. The minimum absolute atomic E-state index is 0. The van der Waals surface area contributed by atoms with Crippen LogP contribution < -0.4 is 39.4 Å². The second-order valence-electron chi connectivity index (χ2n) is 6.38. The van der Waals surface area contributed by atoms with Crippen LogP contribution in [0.15, 0.2) is 22.6 Å². The molecule has 0 bridgehead atoms. The third-order valence-corrected chi connectivity index (χ3v) is 4.70. The van der Waals surface area contributed by atoms with Crippen molar-refractivity contribution in [3.05, 3.63) is 29.5 Å². The minimum Gasteiger partial charge on any atom is -1.00 e. The lowest BCUT2D eigenvalue weighted by Gasteiger charge is -2.27. The number of likely N-dealkylation sites (N-methyl/N-ethyl adjacent to an activating group) is 1. The number of methoxy groups -OCH3 is 1. The lowest BCUT2D eigenvalue weighted by Crippen LogP contribution is -3.26. The Bertz CT molecular complexity index is 727. The van der Waals surface area contributed by atoms with Crippen LogP contribution in [0, 0.1) is 0 Å². The maximum absolute atomic E-state index is 12.3. The number of hydrogen-bond donors (Lipinski definition) is 2. The summed E-state index contributed by atoms with van der Waals surface area (Å²) in [7, 11) is 3.86. The molecule has 1 saturated heterocycles. The molecule has 146 valence electrons. The summed E-state index contributed by atoms with van der Waals surface area (Å²) in [5, 5.41) is 0.941. The van der Waals surface area contributed by atoms with Gasteiger partial charge < -0.3 is 48.5 Å². The molecule has 1 aliphatic rings. The fourth-order valence-electron chi connectivity index (χ4n) is 3.25. The summed E-state index contributed by atoms with van der Waals surface area (Å²) >= 11 is 0. The number of esters is 1. The number of benzene rings is 1. The van der Waals surface area contributed by atoms with E-state index in [2.05, 4.69) is 7.05 Å². The highest BCUT2D eigenvalue weighted by Gasteiger charge is 2.28. The summed E-state index contributed by atoms with van der Waals surface area (Å²) in [6.07, 6.45) is 0. The Labute approximate surface area is 166 Å². The van der Waals surface area contributed by atoms with E-state index in [1.54, 1.807) is 18.9 Å². The third kappa shape index (κ3) is 4.82. The summed E-state index contributed by atoms with van der Waals surface area (Å²) in [6.45, 7) is 7.37. The molecule has 1 aromatic carbocycles. The highest BCUT2D eigenvalue weighted by molar-refractivity contribution is 5.96. The quantitative estimate of drug-likeness (QED) is 0.486. The number of piperazine rings is 1. The van der Waals surface area contributed by atoms with E-state index in [9.17, 15) is 4.79 Å². The highest BCUT2D eigenvalue weighted by Crippen LogP contribution is 2.29. The van der Waals surface area contributed by atoms with Crippen molar-refractivity contribution in [1.29, 1.82) is 0 Å². The van der Waals surface area contributed by atoms with Crippen molar-refractivity contribution in [1.82, 2.24) is 0 Å². The van der Waals surface area contributed by atoms with Crippen LogP contribution in [0.1, 0.15) is 23.0 Å². The van der Waals surface area contributed by atoms with Crippen LogP contribution in [0.2, 0.25) is 0 Å². The van der Waals surface area contributed by atoms with E-state index >= 15 is 0 Å². The predicted molar refractivity (Wildman–Crippen MR) is 89.7 cm³/mol. The van der Waals surface area contributed by atoms with Crippen molar-refractivity contribution in [3.8, 4) is 5.75 Å². The maximum atomic E-state index is 12.3. The first-order valence-electron chi connectivity index (χ1n) is 8.53. The molecule has 0 unspecified atom stereocenters. The molecule has 0 saturated carbocycles. The Hall–Kier alpha value is -1.47. The van der Waals surface area contributed by atoms with Crippen molar-refractivity contribution < 1.29 is 53.3 Å². The van der Waals surface area contributed by atoms with E-state index in [0.29, 0.717) is 18.0 Å². The van der Waals surface area contributed by atoms with Gasteiger partial charge in [0.2, 0.25) is 5.76 Å². The maximum Gasteiger partial charge on any atom is 0.374 e. The summed E-state index contributed by atoms with van der Waals surface area (Å²) in [4.78, 5) is 15.4. The Kier molecular flexibility index (Phi) is 8.70. The molecule has 0 radical (unpaired) electrons. The molecule has 0 atom stereocenters. The number of nitrogens with one attached hydrogen (secondary N) is 2. The molecule has 1 aliphatic heterocycles. The summed E-state index contributed by atoms with van der Waals surface area (Å²) in [6, 6.07) is 5.64. The molecule has 0 amide bonds. The van der Waals surface area contributed by atoms with Crippen molar-refractivity contribution in [2.75, 3.05) is 46.9 Å². The second-order valence-corrected chi connectivity index (χ2v) is 6.38. The molecule has 2 aromatic rings. The molecule has 6 nitrogen and oxygen atoms in total. The van der Waals surface area contributed by atoms with Gasteiger partial charge in [0.05, 0.1) is 26.3 Å². The van der Waals surface area contributed by atoms with Gasteiger partial charge in [-0.25, -0.2) is 4.79 Å². The summed E-state index contributed by atoms with van der Waals surface area (Å²) in [5.41, 5.74) is 1.63. The Morgan fingerprint density at radius 1 is 1.19 bits per heavy atom. The first-order chi connectivity index (χ1) is 11.6. The average molecular weight is 405 g/mol. The smallest absolute Gasteiger partial charge is 0.374 e. The first-order valence-corrected chi connectivity index (χ1v) is 8.53. The number of quaternary nitrogens is 2. The number of hydrogen-bond acceptors (Lipinski definition) is 4. The lowest BCUT2D eigenvalue weighted by atomic mass is 10.1. The van der Waals surface area contributed by atoms with Crippen LogP contribution in [-0.4, -0.2) is 52.9 Å². The second kappa shape index (κ2) is 10.0. The first kappa shape index (κ1) is 22.6. The lowest BCUT2D eigenvalue weighted by molar-refractivity contribution is -1.01. The molecule has 1 aromatic heterocycles. The van der Waals surface area contributed by atoms with Crippen LogP contribution in [0.4, 0.5) is 0 Å². The van der Waals surface area contributed by atoms with Gasteiger partial charge in [0, 0.05) is 5.39 Å². The summed E-state index contributed by atoms with van der Waals surface area (Å²) < 4.78 is 16.3. The molecule has 3 rings (SSSR count). The molecule has 8 heteroatoms. The van der Waals surface area contributed by atoms with Gasteiger partial charge >= 0.3 is 5.97 Å². The van der Waals surface area contributed by atoms with Crippen molar-refractivity contribution in [2.24, 2.45) is 0 Å². The standard InChI is InChI=1S/C18H24N2O4.2ClH/c1-4-23-18(21)17-15(12-20-9-7-19(2)8-10-20)14-11-13(22-3)5-6-16(14)24-17;;/h5-6,11H,4,7-10,12H2,1-3H3;2*1H. The molecule has 2 N–H and O–H groups in total. The predicted octanol–water partition coefficient (Wildman–Crippen LogP) is -6.46. The Morgan fingerprint density at radius 2 is 1.88 bits per heavy atom. The van der Waals surface area contributed by atoms with Gasteiger partial charge in [0.1, 0.15) is 44.1 Å². The fraction of sp³-hybridized carbons (Fsp3) is 0.500. The number of fused-ring (bicyclic) bond motifs is 1. The van der Waals surface area contributed by atoms with Crippen molar-refractivity contribution >= 4 is 16.9 Å². The van der Waals surface area contributed by atoms with E-state index in [1.165, 1.54) is 4.90 Å². The topological polar surface area (TPSA) is 57.5 Å². The molecular formula is C18H26Cl2N2O4. The molecule has 0 spiro atoms. The number of ether oxygens (including phenoxy) is 2. The van der Waals surface area contributed by atoms with E-state index in [-0.39, 0.29) is 30.8 Å². The zero-order valence-corrected chi connectivity index (χ0v) is 16.9. The number of carbonyl (C=O) groups is 1. The van der Waals surface area contributed by atoms with Crippen LogP contribution in [0.5, 0.6) is 5.75 Å². The van der Waals surface area contributed by atoms with Crippen LogP contribution in [0.3, 0.4) is 0 Å². The van der Waals surface area contributed by atoms with Gasteiger partial charge in [0.25, 0.3) is 0 Å². The van der Waals surface area contributed by atoms with Crippen LogP contribution in [0.25, 0.3) is 11.0 Å². The van der Waals surface area contributed by atoms with Gasteiger partial charge in [-0.2, -0.15) is 0 Å². The zero-order valence-electron chi connectivity index (χ0n) is 15.4. The van der Waals surface area contributed by atoms with Gasteiger partial charge in [-0.3, -0.25) is 0 Å². The zero-order chi connectivity index (χ0) is 17.1. The van der Waals surface area contributed by atoms with E-state index in [1.807, 2.05) is 18.2 Å². The molecule has 26 heavy (non-hydrogen) atoms.